The predicted octanol–water partition coefficient (Wildman–Crippen LogP) is 3.74. The van der Waals surface area contributed by atoms with Gasteiger partial charge in [-0.05, 0) is 55.3 Å². The number of benzene rings is 1. The smallest absolute Gasteiger partial charge is 0.250 e. The Morgan fingerprint density at radius 3 is 2.62 bits per heavy atom. The molecule has 1 aliphatic rings. The van der Waals surface area contributed by atoms with Crippen molar-refractivity contribution in [3.8, 4) is 0 Å². The van der Waals surface area contributed by atoms with Crippen LogP contribution in [0.2, 0.25) is 5.02 Å². The number of hydrogen-bond acceptors (Lipinski definition) is 4. The van der Waals surface area contributed by atoms with Crippen LogP contribution in [0.15, 0.2) is 70.7 Å². The fraction of sp³-hybridized carbons (Fsp3) is 0.227. The maximum atomic E-state index is 14.0. The number of aliphatic imine (C=N–C) groups is 1. The van der Waals surface area contributed by atoms with E-state index >= 15 is 0 Å². The zero-order valence-corrected chi connectivity index (χ0v) is 16.8. The first-order valence-corrected chi connectivity index (χ1v) is 9.77. The van der Waals surface area contributed by atoms with Crippen molar-refractivity contribution in [3.63, 3.8) is 0 Å². The average Bonchev–Trinajstić information content (AvgIpc) is 3.07. The maximum Gasteiger partial charge on any atom is 0.250 e. The van der Waals surface area contributed by atoms with Gasteiger partial charge in [0, 0.05) is 35.6 Å². The Labute approximate surface area is 172 Å². The number of pyridine rings is 2. The third-order valence-corrected chi connectivity index (χ3v) is 5.57. The predicted molar refractivity (Wildman–Crippen MR) is 112 cm³/mol. The van der Waals surface area contributed by atoms with Crippen molar-refractivity contribution < 1.29 is 4.39 Å². The first kappa shape index (κ1) is 19.3. The van der Waals surface area contributed by atoms with Gasteiger partial charge in [-0.15, -0.1) is 0 Å². The summed E-state index contributed by atoms with van der Waals surface area (Å²) in [7, 11) is 0. The number of amidine groups is 1. The first-order valence-electron chi connectivity index (χ1n) is 9.39. The second kappa shape index (κ2) is 7.44. The van der Waals surface area contributed by atoms with Crippen molar-refractivity contribution in [2.75, 3.05) is 0 Å². The van der Waals surface area contributed by atoms with Crippen molar-refractivity contribution in [1.82, 2.24) is 14.9 Å². The van der Waals surface area contributed by atoms with E-state index in [1.165, 1.54) is 18.3 Å². The van der Waals surface area contributed by atoms with Crippen LogP contribution in [0.25, 0.3) is 0 Å². The molecule has 148 valence electrons. The summed E-state index contributed by atoms with van der Waals surface area (Å²) in [6.45, 7) is 4.47. The summed E-state index contributed by atoms with van der Waals surface area (Å²) in [5, 5.41) is 4.04. The lowest BCUT2D eigenvalue weighted by Gasteiger charge is -2.31. The highest BCUT2D eigenvalue weighted by molar-refractivity contribution is 6.30. The first-order chi connectivity index (χ1) is 13.9. The lowest BCUT2D eigenvalue weighted by atomic mass is 9.79. The molecule has 0 amide bonds. The van der Waals surface area contributed by atoms with E-state index in [-0.39, 0.29) is 11.6 Å². The van der Waals surface area contributed by atoms with Gasteiger partial charge in [-0.2, -0.15) is 4.39 Å². The average molecular weight is 411 g/mol. The normalized spacial score (nSPS) is 21.0. The van der Waals surface area contributed by atoms with E-state index in [0.29, 0.717) is 23.0 Å². The van der Waals surface area contributed by atoms with E-state index in [0.717, 1.165) is 11.1 Å². The third kappa shape index (κ3) is 3.34. The van der Waals surface area contributed by atoms with Gasteiger partial charge in [-0.25, -0.2) is 9.98 Å². The Bertz CT molecular complexity index is 1140. The summed E-state index contributed by atoms with van der Waals surface area (Å²) < 4.78 is 15.6. The van der Waals surface area contributed by atoms with Gasteiger partial charge in [-0.1, -0.05) is 23.7 Å². The fourth-order valence-electron chi connectivity index (χ4n) is 3.82. The molecule has 0 spiro atoms. The molecule has 3 aromatic rings. The van der Waals surface area contributed by atoms with E-state index < -0.39 is 11.5 Å². The molecule has 0 saturated carbocycles. The van der Waals surface area contributed by atoms with Gasteiger partial charge in [0.05, 0.1) is 6.04 Å². The van der Waals surface area contributed by atoms with Crippen LogP contribution in [0.1, 0.15) is 30.5 Å². The number of aromatic nitrogens is 2. The molecule has 29 heavy (non-hydrogen) atoms. The molecular formula is C22H20ClFN4O. The molecule has 2 aromatic heterocycles. The Morgan fingerprint density at radius 1 is 1.17 bits per heavy atom. The molecule has 0 bridgehead atoms. The molecular weight excluding hydrogens is 391 g/mol. The molecule has 1 aliphatic heterocycles. The molecule has 1 unspecified atom stereocenters. The Balaban J connectivity index is 1.93. The standard InChI is InChI=1S/C22H20ClFN4O/c1-3-28-13-15(4-9-20(28)29)21-26-14(2)22(27-21,16-5-7-18(23)8-6-16)17-10-11-25-19(24)12-17/h4-14H,3H2,1-2H3,(H,26,27)/t14-,22?/m0/s1. The molecule has 0 radical (unpaired) electrons. The van der Waals surface area contributed by atoms with E-state index in [1.807, 2.05) is 26.0 Å². The minimum atomic E-state index is -0.864. The minimum absolute atomic E-state index is 0.0666. The molecule has 4 rings (SSSR count). The number of aryl methyl sites for hydroxylation is 1. The number of halogens is 2. The van der Waals surface area contributed by atoms with E-state index in [9.17, 15) is 9.18 Å². The van der Waals surface area contributed by atoms with Crippen LogP contribution in [0.5, 0.6) is 0 Å². The van der Waals surface area contributed by atoms with Crippen molar-refractivity contribution >= 4 is 17.4 Å². The van der Waals surface area contributed by atoms with Crippen LogP contribution < -0.4 is 10.9 Å². The van der Waals surface area contributed by atoms with Crippen molar-refractivity contribution in [2.24, 2.45) is 4.99 Å². The van der Waals surface area contributed by atoms with Crippen LogP contribution in [-0.2, 0) is 12.1 Å². The van der Waals surface area contributed by atoms with Gasteiger partial charge in [-0.3, -0.25) is 4.79 Å². The highest BCUT2D eigenvalue weighted by Gasteiger charge is 2.45. The highest BCUT2D eigenvalue weighted by atomic mass is 35.5. The molecule has 1 aromatic carbocycles. The van der Waals surface area contributed by atoms with Crippen LogP contribution in [0, 0.1) is 5.95 Å². The van der Waals surface area contributed by atoms with Crippen molar-refractivity contribution in [2.45, 2.75) is 32.0 Å². The zero-order chi connectivity index (χ0) is 20.6. The lowest BCUT2D eigenvalue weighted by Crippen LogP contribution is -2.41. The third-order valence-electron chi connectivity index (χ3n) is 5.32. The number of rotatable bonds is 4. The molecule has 0 aliphatic carbocycles. The molecule has 0 saturated heterocycles. The van der Waals surface area contributed by atoms with Gasteiger partial charge < -0.3 is 9.88 Å². The minimum Gasteiger partial charge on any atom is -0.364 e. The quantitative estimate of drug-likeness (QED) is 0.666. The lowest BCUT2D eigenvalue weighted by molar-refractivity contribution is 0.449. The fourth-order valence-corrected chi connectivity index (χ4v) is 3.95. The second-order valence-electron chi connectivity index (χ2n) is 7.01. The van der Waals surface area contributed by atoms with Gasteiger partial charge in [0.25, 0.3) is 5.56 Å². The van der Waals surface area contributed by atoms with Crippen LogP contribution in [0.3, 0.4) is 0 Å². The van der Waals surface area contributed by atoms with Gasteiger partial charge >= 0.3 is 0 Å². The molecule has 0 fully saturated rings. The monoisotopic (exact) mass is 410 g/mol. The zero-order valence-electron chi connectivity index (χ0n) is 16.1. The molecule has 7 heteroatoms. The van der Waals surface area contributed by atoms with Gasteiger partial charge in [0.15, 0.2) is 0 Å². The number of hydrogen-bond donors (Lipinski definition) is 1. The van der Waals surface area contributed by atoms with Crippen LogP contribution >= 0.6 is 11.6 Å². The van der Waals surface area contributed by atoms with Crippen molar-refractivity contribution in [1.29, 1.82) is 0 Å². The Hall–Kier alpha value is -2.99. The van der Waals surface area contributed by atoms with E-state index in [4.69, 9.17) is 16.6 Å². The topological polar surface area (TPSA) is 59.3 Å². The molecule has 1 N–H and O–H groups in total. The summed E-state index contributed by atoms with van der Waals surface area (Å²) in [5.74, 6) is 0.0816. The van der Waals surface area contributed by atoms with E-state index in [2.05, 4.69) is 10.3 Å². The van der Waals surface area contributed by atoms with E-state index in [1.54, 1.807) is 35.0 Å². The second-order valence-corrected chi connectivity index (χ2v) is 7.45. The highest BCUT2D eigenvalue weighted by Crippen LogP contribution is 2.41. The van der Waals surface area contributed by atoms with Gasteiger partial charge in [0.1, 0.15) is 11.4 Å². The molecule has 3 heterocycles. The Morgan fingerprint density at radius 2 is 1.93 bits per heavy atom. The number of nitrogens with zero attached hydrogens (tertiary/aromatic N) is 3. The maximum absolute atomic E-state index is 14.0. The Kier molecular flexibility index (Phi) is 4.96. The van der Waals surface area contributed by atoms with Crippen LogP contribution in [-0.4, -0.2) is 21.4 Å². The van der Waals surface area contributed by atoms with Crippen LogP contribution in [0.4, 0.5) is 4.39 Å². The molecule has 5 nitrogen and oxygen atoms in total. The van der Waals surface area contributed by atoms with Gasteiger partial charge in [0.2, 0.25) is 5.95 Å². The summed E-state index contributed by atoms with van der Waals surface area (Å²) in [6.07, 6.45) is 3.23. The summed E-state index contributed by atoms with van der Waals surface area (Å²) in [6, 6.07) is 13.7. The summed E-state index contributed by atoms with van der Waals surface area (Å²) in [4.78, 5) is 20.7. The summed E-state index contributed by atoms with van der Waals surface area (Å²) in [5.41, 5.74) is 1.43. The number of nitrogens with one attached hydrogen (secondary N) is 1. The largest absolute Gasteiger partial charge is 0.364 e. The SMILES string of the molecule is CCn1cc(C2=NC(c3ccc(Cl)cc3)(c3ccnc(F)c3)[C@H](C)N2)ccc1=O. The summed E-state index contributed by atoms with van der Waals surface area (Å²) >= 11 is 6.09. The molecule has 2 atom stereocenters. The van der Waals surface area contributed by atoms with Crippen molar-refractivity contribution in [3.05, 3.63) is 98.9 Å².